The lowest BCUT2D eigenvalue weighted by Gasteiger charge is -2.33. The Labute approximate surface area is 246 Å². The number of hydrogen-bond donors (Lipinski definition) is 2. The number of aryl methyl sites for hydroxylation is 2. The van der Waals surface area contributed by atoms with Crippen molar-refractivity contribution in [1.82, 2.24) is 14.4 Å². The number of carbonyl (C=O) groups excluding carboxylic acids is 2. The lowest BCUT2D eigenvalue weighted by atomic mass is 10.0. The Hall–Kier alpha value is -3.74. The van der Waals surface area contributed by atoms with E-state index in [1.807, 2.05) is 37.3 Å². The third kappa shape index (κ3) is 7.00. The van der Waals surface area contributed by atoms with Crippen LogP contribution in [0, 0.1) is 19.8 Å². The normalized spacial score (nSPS) is 18.5. The van der Waals surface area contributed by atoms with E-state index in [-0.39, 0.29) is 66.6 Å². The molecule has 11 nitrogen and oxygen atoms in total. The molecule has 2 heterocycles. The minimum absolute atomic E-state index is 0.0158. The number of benzene rings is 2. The number of aliphatic hydroxyl groups excluding tert-OH is 1. The van der Waals surface area contributed by atoms with E-state index in [2.05, 4.69) is 10.5 Å². The fourth-order valence-corrected chi connectivity index (χ4v) is 6.53. The molecule has 0 bridgehead atoms. The van der Waals surface area contributed by atoms with Crippen molar-refractivity contribution in [3.05, 3.63) is 71.1 Å². The molecule has 4 rings (SSSR count). The summed E-state index contributed by atoms with van der Waals surface area (Å²) in [5.41, 5.74) is 2.19. The van der Waals surface area contributed by atoms with E-state index in [0.29, 0.717) is 17.0 Å². The van der Waals surface area contributed by atoms with Crippen molar-refractivity contribution in [3.63, 3.8) is 0 Å². The van der Waals surface area contributed by atoms with E-state index in [1.54, 1.807) is 43.9 Å². The molecule has 42 heavy (non-hydrogen) atoms. The van der Waals surface area contributed by atoms with Crippen molar-refractivity contribution in [3.8, 4) is 5.75 Å². The smallest absolute Gasteiger partial charge is 0.248 e. The zero-order valence-electron chi connectivity index (χ0n) is 24.5. The Balaban J connectivity index is 1.63. The van der Waals surface area contributed by atoms with Crippen LogP contribution in [0.5, 0.6) is 5.75 Å². The molecule has 3 aromatic rings. The van der Waals surface area contributed by atoms with E-state index in [9.17, 15) is 23.1 Å². The Morgan fingerprint density at radius 2 is 1.93 bits per heavy atom. The highest BCUT2D eigenvalue weighted by Crippen LogP contribution is 2.30. The summed E-state index contributed by atoms with van der Waals surface area (Å²) >= 11 is 0. The van der Waals surface area contributed by atoms with E-state index >= 15 is 0 Å². The van der Waals surface area contributed by atoms with Gasteiger partial charge in [0.15, 0.2) is 5.76 Å². The van der Waals surface area contributed by atoms with Gasteiger partial charge in [-0.05, 0) is 44.5 Å². The van der Waals surface area contributed by atoms with Crippen LogP contribution < -0.4 is 10.1 Å². The molecule has 226 valence electrons. The average molecular weight is 599 g/mol. The zero-order valence-corrected chi connectivity index (χ0v) is 25.3. The molecule has 0 saturated heterocycles. The van der Waals surface area contributed by atoms with Crippen molar-refractivity contribution in [2.45, 2.75) is 57.6 Å². The van der Waals surface area contributed by atoms with Gasteiger partial charge >= 0.3 is 0 Å². The molecule has 2 N–H and O–H groups in total. The minimum Gasteiger partial charge on any atom is -0.488 e. The number of amides is 2. The van der Waals surface area contributed by atoms with Crippen LogP contribution in [0.15, 0.2) is 57.9 Å². The number of nitrogens with zero attached hydrogens (tertiary/aromatic N) is 3. The van der Waals surface area contributed by atoms with Gasteiger partial charge in [-0.3, -0.25) is 9.59 Å². The summed E-state index contributed by atoms with van der Waals surface area (Å²) in [4.78, 5) is 27.8. The molecule has 1 aliphatic rings. The summed E-state index contributed by atoms with van der Waals surface area (Å²) < 4.78 is 39.7. The van der Waals surface area contributed by atoms with Gasteiger partial charge in [-0.1, -0.05) is 42.4 Å². The van der Waals surface area contributed by atoms with Gasteiger partial charge in [-0.25, -0.2) is 8.42 Å². The van der Waals surface area contributed by atoms with Crippen LogP contribution >= 0.6 is 0 Å². The predicted molar refractivity (Wildman–Crippen MR) is 157 cm³/mol. The Morgan fingerprint density at radius 1 is 1.21 bits per heavy atom. The molecule has 2 amide bonds. The number of fused-ring (bicyclic) bond motifs is 1. The molecule has 1 aliphatic heterocycles. The van der Waals surface area contributed by atoms with Gasteiger partial charge in [-0.2, -0.15) is 4.31 Å². The number of sulfonamides is 1. The quantitative estimate of drug-likeness (QED) is 0.383. The lowest BCUT2D eigenvalue weighted by Crippen LogP contribution is -2.48. The number of aliphatic hydroxyl groups is 1. The van der Waals surface area contributed by atoms with Crippen LogP contribution in [0.25, 0.3) is 0 Å². The number of rotatable bonds is 9. The number of likely N-dealkylation sites (N-methyl/N-ethyl adjacent to an activating group) is 1. The second kappa shape index (κ2) is 13.1. The van der Waals surface area contributed by atoms with Crippen LogP contribution in [0.2, 0.25) is 0 Å². The number of anilines is 1. The summed E-state index contributed by atoms with van der Waals surface area (Å²) in [5.74, 6) is -0.101. The van der Waals surface area contributed by atoms with Crippen molar-refractivity contribution in [2.75, 3.05) is 32.1 Å². The highest BCUT2D eigenvalue weighted by molar-refractivity contribution is 7.89. The first-order valence-electron chi connectivity index (χ1n) is 13.8. The molecule has 0 radical (unpaired) electrons. The molecule has 0 spiro atoms. The van der Waals surface area contributed by atoms with Crippen molar-refractivity contribution >= 4 is 27.5 Å². The zero-order chi connectivity index (χ0) is 30.6. The summed E-state index contributed by atoms with van der Waals surface area (Å²) in [5, 5.41) is 16.6. The van der Waals surface area contributed by atoms with Crippen molar-refractivity contribution < 1.29 is 32.4 Å². The SMILES string of the molecule is Cc1noc(C)c1S(=O)(=O)N(C)C[C@H]1Oc2ccc(NC(=O)Cc3ccccc3)cc2CC(=O)N([C@H](C)CO)C[C@@H]1C. The molecular formula is C30H38N4O7S. The largest absolute Gasteiger partial charge is 0.488 e. The number of carbonyl (C=O) groups is 2. The molecule has 0 unspecified atom stereocenters. The molecule has 1 aromatic heterocycles. The van der Waals surface area contributed by atoms with E-state index in [0.717, 1.165) is 5.56 Å². The van der Waals surface area contributed by atoms with Gasteiger partial charge in [-0.15, -0.1) is 0 Å². The summed E-state index contributed by atoms with van der Waals surface area (Å²) in [7, 11) is -2.48. The van der Waals surface area contributed by atoms with Crippen molar-refractivity contribution in [1.29, 1.82) is 0 Å². The molecule has 2 aromatic carbocycles. The third-order valence-electron chi connectivity index (χ3n) is 7.48. The number of hydrogen-bond acceptors (Lipinski definition) is 8. The molecule has 12 heteroatoms. The van der Waals surface area contributed by atoms with Crippen LogP contribution in [0.1, 0.15) is 36.4 Å². The average Bonchev–Trinajstić information content (AvgIpc) is 3.31. The van der Waals surface area contributed by atoms with Gasteiger partial charge in [0.1, 0.15) is 22.4 Å². The van der Waals surface area contributed by atoms with E-state index in [4.69, 9.17) is 9.26 Å². The maximum absolute atomic E-state index is 13.5. The maximum atomic E-state index is 13.5. The standard InChI is InChI=1S/C30H38N4O7S/c1-19-16-34(20(2)18-35)29(37)15-24-14-25(31-28(36)13-23-9-7-6-8-10-23)11-12-26(24)40-27(19)17-33(5)42(38,39)30-21(3)32-41-22(30)4/h6-12,14,19-20,27,35H,13,15-18H2,1-5H3,(H,31,36)/t19-,20+,27+/m0/s1. The minimum atomic E-state index is -3.95. The fourth-order valence-electron chi connectivity index (χ4n) is 5.06. The van der Waals surface area contributed by atoms with Gasteiger partial charge in [0.25, 0.3) is 0 Å². The lowest BCUT2D eigenvalue weighted by molar-refractivity contribution is -0.134. The molecule has 3 atom stereocenters. The molecule has 0 aliphatic carbocycles. The number of ether oxygens (including phenoxy) is 1. The maximum Gasteiger partial charge on any atom is 0.248 e. The Kier molecular flexibility index (Phi) is 9.70. The molecule has 0 fully saturated rings. The van der Waals surface area contributed by atoms with Gasteiger partial charge in [0.05, 0.1) is 32.0 Å². The Morgan fingerprint density at radius 3 is 2.57 bits per heavy atom. The third-order valence-corrected chi connectivity index (χ3v) is 9.55. The monoisotopic (exact) mass is 598 g/mol. The highest BCUT2D eigenvalue weighted by Gasteiger charge is 2.35. The summed E-state index contributed by atoms with van der Waals surface area (Å²) in [6.07, 6.45) is -0.475. The van der Waals surface area contributed by atoms with Crippen LogP contribution in [-0.4, -0.2) is 78.6 Å². The van der Waals surface area contributed by atoms with E-state index in [1.165, 1.54) is 11.4 Å². The molecule has 0 saturated carbocycles. The van der Waals surface area contributed by atoms with E-state index < -0.39 is 22.2 Å². The topological polar surface area (TPSA) is 142 Å². The van der Waals surface area contributed by atoms with Gasteiger partial charge in [0, 0.05) is 30.8 Å². The highest BCUT2D eigenvalue weighted by atomic mass is 32.2. The van der Waals surface area contributed by atoms with Crippen LogP contribution in [0.3, 0.4) is 0 Å². The second-order valence-corrected chi connectivity index (χ2v) is 12.8. The first kappa shape index (κ1) is 31.2. The van der Waals surface area contributed by atoms with Crippen molar-refractivity contribution in [2.24, 2.45) is 5.92 Å². The van der Waals surface area contributed by atoms with Crippen LogP contribution in [-0.2, 0) is 32.5 Å². The van der Waals surface area contributed by atoms with Crippen LogP contribution in [0.4, 0.5) is 5.69 Å². The number of aromatic nitrogens is 1. The fraction of sp³-hybridized carbons (Fsp3) is 0.433. The second-order valence-electron chi connectivity index (χ2n) is 10.9. The summed E-state index contributed by atoms with van der Waals surface area (Å²) in [6, 6.07) is 14.0. The first-order valence-corrected chi connectivity index (χ1v) is 15.3. The summed E-state index contributed by atoms with van der Waals surface area (Å²) in [6.45, 7) is 6.76. The van der Waals surface area contributed by atoms with Gasteiger partial charge < -0.3 is 24.6 Å². The molecular weight excluding hydrogens is 560 g/mol. The first-order chi connectivity index (χ1) is 19.9. The number of nitrogens with one attached hydrogen (secondary N) is 1. The van der Waals surface area contributed by atoms with Gasteiger partial charge in [0.2, 0.25) is 21.8 Å². The Bertz CT molecular complexity index is 1500. The predicted octanol–water partition coefficient (Wildman–Crippen LogP) is 2.94.